The zero-order valence-corrected chi connectivity index (χ0v) is 16.6. The van der Waals surface area contributed by atoms with Gasteiger partial charge >= 0.3 is 5.97 Å². The summed E-state index contributed by atoms with van der Waals surface area (Å²) >= 11 is 18.0. The molecule has 1 atom stereocenters. The molecular weight excluding hydrogens is 413 g/mol. The van der Waals surface area contributed by atoms with Crippen LogP contribution in [0.5, 0.6) is 0 Å². The molecule has 0 saturated carbocycles. The molecule has 27 heavy (non-hydrogen) atoms. The first-order chi connectivity index (χ1) is 12.8. The van der Waals surface area contributed by atoms with Gasteiger partial charge in [0.15, 0.2) is 11.7 Å². The number of carbonyl (C=O) groups is 2. The van der Waals surface area contributed by atoms with Gasteiger partial charge in [-0.15, -0.1) is 0 Å². The number of esters is 1. The van der Waals surface area contributed by atoms with Crippen LogP contribution in [0.4, 0.5) is 5.69 Å². The van der Waals surface area contributed by atoms with E-state index < -0.39 is 18.0 Å². The first kappa shape index (κ1) is 19.5. The van der Waals surface area contributed by atoms with Crippen LogP contribution < -0.4 is 5.32 Å². The summed E-state index contributed by atoms with van der Waals surface area (Å²) in [5.74, 6) is -1.32. The van der Waals surface area contributed by atoms with Crippen LogP contribution in [0.2, 0.25) is 15.1 Å². The van der Waals surface area contributed by atoms with Crippen molar-refractivity contribution in [3.8, 4) is 0 Å². The molecule has 0 aliphatic carbocycles. The zero-order chi connectivity index (χ0) is 19.7. The van der Waals surface area contributed by atoms with Gasteiger partial charge in [-0.2, -0.15) is 0 Å². The summed E-state index contributed by atoms with van der Waals surface area (Å²) < 4.78 is 10.8. The first-order valence-corrected chi connectivity index (χ1v) is 9.06. The molecule has 3 rings (SSSR count). The molecule has 5 nitrogen and oxygen atoms in total. The highest BCUT2D eigenvalue weighted by atomic mass is 35.5. The number of hydrogen-bond acceptors (Lipinski definition) is 4. The molecular formula is C19H14Cl3NO4. The van der Waals surface area contributed by atoms with Crippen molar-refractivity contribution in [1.29, 1.82) is 0 Å². The summed E-state index contributed by atoms with van der Waals surface area (Å²) in [4.78, 5) is 24.8. The van der Waals surface area contributed by atoms with Crippen LogP contribution in [0.3, 0.4) is 0 Å². The van der Waals surface area contributed by atoms with E-state index in [1.165, 1.54) is 13.0 Å². The molecule has 8 heteroatoms. The number of benzene rings is 2. The second kappa shape index (κ2) is 7.80. The summed E-state index contributed by atoms with van der Waals surface area (Å²) in [6.07, 6.45) is -1.09. The number of hydrogen-bond donors (Lipinski definition) is 1. The lowest BCUT2D eigenvalue weighted by Crippen LogP contribution is -2.30. The Hall–Kier alpha value is -2.21. The van der Waals surface area contributed by atoms with Crippen molar-refractivity contribution in [2.45, 2.75) is 20.0 Å². The number of ether oxygens (including phenoxy) is 1. The number of rotatable bonds is 4. The maximum absolute atomic E-state index is 12.4. The van der Waals surface area contributed by atoms with Gasteiger partial charge in [0, 0.05) is 16.0 Å². The van der Waals surface area contributed by atoms with Crippen LogP contribution in [-0.4, -0.2) is 18.0 Å². The highest BCUT2D eigenvalue weighted by molar-refractivity contribution is 6.36. The van der Waals surface area contributed by atoms with E-state index in [0.717, 1.165) is 0 Å². The highest BCUT2D eigenvalue weighted by Gasteiger charge is 2.25. The van der Waals surface area contributed by atoms with Gasteiger partial charge in [0.25, 0.3) is 5.91 Å². The van der Waals surface area contributed by atoms with Gasteiger partial charge in [-0.1, -0.05) is 46.9 Å². The maximum Gasteiger partial charge on any atom is 0.375 e. The minimum absolute atomic E-state index is 0.00135. The summed E-state index contributed by atoms with van der Waals surface area (Å²) in [5, 5.41) is 4.39. The predicted octanol–water partition coefficient (Wildman–Crippen LogP) is 5.89. The third kappa shape index (κ3) is 4.05. The number of anilines is 1. The van der Waals surface area contributed by atoms with Gasteiger partial charge in [-0.25, -0.2) is 4.79 Å². The Morgan fingerprint density at radius 2 is 1.85 bits per heavy atom. The lowest BCUT2D eigenvalue weighted by atomic mass is 10.1. The molecule has 0 aliphatic rings. The monoisotopic (exact) mass is 425 g/mol. The number of furan rings is 1. The van der Waals surface area contributed by atoms with Crippen LogP contribution in [0.1, 0.15) is 23.0 Å². The Balaban J connectivity index is 1.75. The SMILES string of the molecule is Cc1c(C(=O)OC(C)C(=O)Nc2cc(Cl)ccc2Cl)oc2c(Cl)cccc12. The van der Waals surface area contributed by atoms with Crippen LogP contribution in [0.15, 0.2) is 40.8 Å². The van der Waals surface area contributed by atoms with E-state index in [1.54, 1.807) is 37.3 Å². The van der Waals surface area contributed by atoms with Gasteiger partial charge < -0.3 is 14.5 Å². The summed E-state index contributed by atoms with van der Waals surface area (Å²) in [5.41, 5.74) is 1.30. The van der Waals surface area contributed by atoms with E-state index in [2.05, 4.69) is 5.32 Å². The highest BCUT2D eigenvalue weighted by Crippen LogP contribution is 2.31. The normalized spacial score (nSPS) is 12.0. The Morgan fingerprint density at radius 3 is 2.56 bits per heavy atom. The zero-order valence-electron chi connectivity index (χ0n) is 14.3. The molecule has 0 saturated heterocycles. The molecule has 0 fully saturated rings. The van der Waals surface area contributed by atoms with Crippen LogP contribution in [-0.2, 0) is 9.53 Å². The largest absolute Gasteiger partial charge is 0.447 e. The Bertz CT molecular complexity index is 1040. The molecule has 0 aliphatic heterocycles. The number of nitrogens with one attached hydrogen (secondary N) is 1. The van der Waals surface area contributed by atoms with E-state index in [9.17, 15) is 9.59 Å². The van der Waals surface area contributed by atoms with Crippen molar-refractivity contribution >= 4 is 63.3 Å². The molecule has 1 heterocycles. The Labute approximate surface area is 170 Å². The molecule has 2 aromatic carbocycles. The van der Waals surface area contributed by atoms with E-state index in [-0.39, 0.29) is 5.76 Å². The molecule has 0 spiro atoms. The minimum Gasteiger partial charge on any atom is -0.447 e. The lowest BCUT2D eigenvalue weighted by Gasteiger charge is -2.14. The van der Waals surface area contributed by atoms with Gasteiger partial charge in [0.2, 0.25) is 5.76 Å². The van der Waals surface area contributed by atoms with Gasteiger partial charge in [-0.05, 0) is 38.1 Å². The summed E-state index contributed by atoms with van der Waals surface area (Å²) in [6, 6.07) is 9.85. The van der Waals surface area contributed by atoms with Crippen molar-refractivity contribution in [2.24, 2.45) is 0 Å². The average Bonchev–Trinajstić information content (AvgIpc) is 2.96. The number of aryl methyl sites for hydroxylation is 1. The third-order valence-corrected chi connectivity index (χ3v) is 4.80. The van der Waals surface area contributed by atoms with Crippen molar-refractivity contribution < 1.29 is 18.7 Å². The fourth-order valence-electron chi connectivity index (χ4n) is 2.50. The molecule has 1 unspecified atom stereocenters. The Morgan fingerprint density at radius 1 is 1.11 bits per heavy atom. The van der Waals surface area contributed by atoms with E-state index >= 15 is 0 Å². The fraction of sp³-hybridized carbons (Fsp3) is 0.158. The van der Waals surface area contributed by atoms with E-state index in [0.29, 0.717) is 37.3 Å². The lowest BCUT2D eigenvalue weighted by molar-refractivity contribution is -0.123. The standard InChI is InChI=1S/C19H14Cl3NO4/c1-9-12-4-3-5-14(22)17(12)27-16(9)19(25)26-10(2)18(24)23-15-8-11(20)6-7-13(15)21/h3-8,10H,1-2H3,(H,23,24). The predicted molar refractivity (Wildman–Crippen MR) is 106 cm³/mol. The van der Waals surface area contributed by atoms with Crippen molar-refractivity contribution in [3.63, 3.8) is 0 Å². The number of carbonyl (C=O) groups excluding carboxylic acids is 2. The number of halogens is 3. The van der Waals surface area contributed by atoms with E-state index in [4.69, 9.17) is 44.0 Å². The average molecular weight is 427 g/mol. The topological polar surface area (TPSA) is 68.5 Å². The van der Waals surface area contributed by atoms with Gasteiger partial charge in [-0.3, -0.25) is 4.79 Å². The quantitative estimate of drug-likeness (QED) is 0.528. The van der Waals surface area contributed by atoms with Crippen molar-refractivity contribution in [1.82, 2.24) is 0 Å². The minimum atomic E-state index is -1.09. The number of para-hydroxylation sites is 1. The molecule has 140 valence electrons. The number of amides is 1. The molecule has 1 amide bonds. The first-order valence-electron chi connectivity index (χ1n) is 7.92. The van der Waals surface area contributed by atoms with Crippen molar-refractivity contribution in [3.05, 3.63) is 62.8 Å². The molecule has 0 bridgehead atoms. The molecule has 0 radical (unpaired) electrons. The molecule has 1 aromatic heterocycles. The van der Waals surface area contributed by atoms with Gasteiger partial charge in [0.1, 0.15) is 0 Å². The summed E-state index contributed by atoms with van der Waals surface area (Å²) in [7, 11) is 0. The second-order valence-electron chi connectivity index (χ2n) is 5.83. The van der Waals surface area contributed by atoms with Crippen LogP contribution in [0.25, 0.3) is 11.0 Å². The Kier molecular flexibility index (Phi) is 5.65. The fourth-order valence-corrected chi connectivity index (χ4v) is 3.05. The second-order valence-corrected chi connectivity index (χ2v) is 7.08. The smallest absolute Gasteiger partial charge is 0.375 e. The van der Waals surface area contributed by atoms with Crippen molar-refractivity contribution in [2.75, 3.05) is 5.32 Å². The summed E-state index contributed by atoms with van der Waals surface area (Å²) in [6.45, 7) is 3.16. The van der Waals surface area contributed by atoms with Crippen LogP contribution in [0, 0.1) is 6.92 Å². The molecule has 3 aromatic rings. The van der Waals surface area contributed by atoms with Gasteiger partial charge in [0.05, 0.1) is 15.7 Å². The molecule has 1 N–H and O–H groups in total. The third-order valence-electron chi connectivity index (χ3n) is 3.94. The van der Waals surface area contributed by atoms with E-state index in [1.807, 2.05) is 0 Å². The maximum atomic E-state index is 12.4. The van der Waals surface area contributed by atoms with Crippen LogP contribution >= 0.6 is 34.8 Å². The number of fused-ring (bicyclic) bond motifs is 1.